The van der Waals surface area contributed by atoms with Crippen LogP contribution in [0.1, 0.15) is 83.2 Å². The number of carbonyl (C=O) groups is 3. The summed E-state index contributed by atoms with van der Waals surface area (Å²) >= 11 is 1.38. The number of benzene rings is 3. The lowest BCUT2D eigenvalue weighted by atomic mass is 9.79. The van der Waals surface area contributed by atoms with E-state index < -0.39 is 45.7 Å². The third-order valence-corrected chi connectivity index (χ3v) is 12.1. The van der Waals surface area contributed by atoms with Crippen LogP contribution in [0.15, 0.2) is 76.5 Å². The smallest absolute Gasteiger partial charge is 0.303 e. The molecule has 4 N–H and O–H groups in total. The Balaban J connectivity index is 1.62. The fraction of sp³-hybridized carbons (Fsp3) is 0.462. The molecule has 0 radical (unpaired) electrons. The van der Waals surface area contributed by atoms with Gasteiger partial charge in [-0.15, -0.1) is 11.8 Å². The van der Waals surface area contributed by atoms with Crippen LogP contribution in [-0.2, 0) is 24.2 Å². The van der Waals surface area contributed by atoms with E-state index in [1.54, 1.807) is 0 Å². The zero-order valence-electron chi connectivity index (χ0n) is 30.2. The zero-order chi connectivity index (χ0) is 37.7. The highest BCUT2D eigenvalue weighted by Crippen LogP contribution is 2.47. The molecule has 0 aliphatic carbocycles. The predicted molar refractivity (Wildman–Crippen MR) is 204 cm³/mol. The molecule has 1 aliphatic heterocycles. The van der Waals surface area contributed by atoms with Crippen molar-refractivity contribution < 1.29 is 37.8 Å². The molecule has 1 aliphatic rings. The second-order valence-electron chi connectivity index (χ2n) is 13.4. The van der Waals surface area contributed by atoms with Crippen LogP contribution >= 0.6 is 11.8 Å². The van der Waals surface area contributed by atoms with Crippen molar-refractivity contribution in [1.82, 2.24) is 10.6 Å². The Morgan fingerprint density at radius 1 is 0.962 bits per heavy atom. The number of phenols is 1. The Bertz CT molecular complexity index is 1760. The molecule has 1 unspecified atom stereocenters. The maximum absolute atomic E-state index is 14.4. The van der Waals surface area contributed by atoms with Gasteiger partial charge in [-0.2, -0.15) is 0 Å². The van der Waals surface area contributed by atoms with E-state index in [0.717, 1.165) is 44.2 Å². The van der Waals surface area contributed by atoms with Gasteiger partial charge in [-0.25, -0.2) is 8.42 Å². The van der Waals surface area contributed by atoms with Crippen LogP contribution in [0.3, 0.4) is 0 Å². The molecule has 3 aromatic carbocycles. The number of nitrogens with one attached hydrogen (secondary N) is 2. The molecule has 0 aromatic heterocycles. The van der Waals surface area contributed by atoms with Crippen molar-refractivity contribution in [1.29, 1.82) is 0 Å². The van der Waals surface area contributed by atoms with E-state index in [9.17, 15) is 27.9 Å². The van der Waals surface area contributed by atoms with Crippen LogP contribution in [-0.4, -0.2) is 68.1 Å². The number of fused-ring (bicyclic) bond motifs is 1. The van der Waals surface area contributed by atoms with Gasteiger partial charge in [0.1, 0.15) is 17.5 Å². The van der Waals surface area contributed by atoms with Crippen LogP contribution in [0, 0.1) is 5.41 Å². The molecule has 52 heavy (non-hydrogen) atoms. The van der Waals surface area contributed by atoms with Crippen LogP contribution in [0.5, 0.6) is 11.5 Å². The maximum Gasteiger partial charge on any atom is 0.303 e. The summed E-state index contributed by atoms with van der Waals surface area (Å²) in [4.78, 5) is 40.3. The Morgan fingerprint density at radius 3 is 2.25 bits per heavy atom. The molecule has 282 valence electrons. The number of anilines is 2. The first-order valence-corrected chi connectivity index (χ1v) is 20.8. The average molecular weight is 754 g/mol. The Morgan fingerprint density at radius 2 is 1.63 bits per heavy atom. The molecule has 2 amide bonds. The van der Waals surface area contributed by atoms with E-state index in [1.165, 1.54) is 42.1 Å². The van der Waals surface area contributed by atoms with Gasteiger partial charge in [0.2, 0.25) is 5.91 Å². The number of hydrogen-bond donors (Lipinski definition) is 4. The zero-order valence-corrected chi connectivity index (χ0v) is 31.9. The first-order valence-electron chi connectivity index (χ1n) is 17.9. The Labute approximate surface area is 311 Å². The lowest BCUT2D eigenvalue weighted by Gasteiger charge is -2.37. The van der Waals surface area contributed by atoms with Crippen LogP contribution in [0.25, 0.3) is 0 Å². The summed E-state index contributed by atoms with van der Waals surface area (Å²) in [5, 5.41) is 24.1. The number of unbranched alkanes of at least 4 members (excludes halogenated alkanes) is 3. The number of sulfone groups is 1. The number of phenolic OH excluding ortho intramolecular Hbond substituents is 1. The SMILES string of the molecule is CCCCC1(CCCC)CN(c2ccccc2)c2cc(SC)c(OCC(=O)NC(C(=O)NCCCCC(=O)O)c3ccc(O)cc3)cc2S(=O)(=O)C1. The predicted octanol–water partition coefficient (Wildman–Crippen LogP) is 7.01. The normalized spacial score (nSPS) is 15.2. The largest absolute Gasteiger partial charge is 0.508 e. The summed E-state index contributed by atoms with van der Waals surface area (Å²) in [5.74, 6) is -1.80. The average Bonchev–Trinajstić information content (AvgIpc) is 3.22. The van der Waals surface area contributed by atoms with Crippen molar-refractivity contribution in [3.05, 3.63) is 72.3 Å². The number of thioether (sulfide) groups is 1. The molecule has 0 fully saturated rings. The van der Waals surface area contributed by atoms with Gasteiger partial charge >= 0.3 is 5.97 Å². The standard InChI is InChI=1S/C39H51N3O8S2/c1-4-6-20-39(21-7-5-2)26-42(29-13-9-8-10-14-29)31-23-33(51-3)32(24-34(31)52(48,49)27-39)50-25-35(44)41-37(28-16-18-30(43)19-17-28)38(47)40-22-12-11-15-36(45)46/h8-10,13-14,16-19,23-24,37,43H,4-7,11-12,15,20-22,25-27H2,1-3H3,(H,40,47)(H,41,44)(H,45,46). The molecule has 13 heteroatoms. The lowest BCUT2D eigenvalue weighted by Crippen LogP contribution is -2.42. The first kappa shape index (κ1) is 40.5. The minimum atomic E-state index is -3.80. The fourth-order valence-electron chi connectivity index (χ4n) is 6.61. The van der Waals surface area contributed by atoms with E-state index in [4.69, 9.17) is 9.84 Å². The van der Waals surface area contributed by atoms with Gasteiger partial charge in [0, 0.05) is 36.7 Å². The van der Waals surface area contributed by atoms with Gasteiger partial charge in [-0.1, -0.05) is 69.9 Å². The summed E-state index contributed by atoms with van der Waals surface area (Å²) in [7, 11) is -3.80. The number of carbonyl (C=O) groups excluding carboxylic acids is 2. The minimum Gasteiger partial charge on any atom is -0.508 e. The summed E-state index contributed by atoms with van der Waals surface area (Å²) in [6.07, 6.45) is 8.02. The third kappa shape index (κ3) is 10.9. The van der Waals surface area contributed by atoms with Crippen molar-refractivity contribution >= 4 is 50.8 Å². The number of hydrogen-bond acceptors (Lipinski definition) is 9. The third-order valence-electron chi connectivity index (χ3n) is 9.32. The highest BCUT2D eigenvalue weighted by molar-refractivity contribution is 7.98. The molecule has 3 aromatic rings. The molecular weight excluding hydrogens is 703 g/mol. The molecule has 0 saturated heterocycles. The number of carboxylic acid groups (broad SMARTS) is 1. The Hall–Kier alpha value is -4.23. The molecule has 4 rings (SSSR count). The topological polar surface area (TPSA) is 162 Å². The number of para-hydroxylation sites is 1. The lowest BCUT2D eigenvalue weighted by molar-refractivity contribution is -0.137. The molecule has 0 saturated carbocycles. The van der Waals surface area contributed by atoms with Crippen molar-refractivity contribution in [3.8, 4) is 11.5 Å². The highest BCUT2D eigenvalue weighted by Gasteiger charge is 2.42. The number of aromatic hydroxyl groups is 1. The monoisotopic (exact) mass is 753 g/mol. The number of rotatable bonds is 19. The van der Waals surface area contributed by atoms with Gasteiger partial charge in [-0.05, 0) is 67.8 Å². The highest BCUT2D eigenvalue weighted by atomic mass is 32.2. The summed E-state index contributed by atoms with van der Waals surface area (Å²) in [6, 6.07) is 17.9. The number of amides is 2. The van der Waals surface area contributed by atoms with E-state index in [2.05, 4.69) is 29.4 Å². The van der Waals surface area contributed by atoms with E-state index in [-0.39, 0.29) is 35.1 Å². The van der Waals surface area contributed by atoms with Gasteiger partial charge in [0.25, 0.3) is 5.91 Å². The summed E-state index contributed by atoms with van der Waals surface area (Å²) in [5.41, 5.74) is 1.44. The van der Waals surface area contributed by atoms with Crippen molar-refractivity contribution in [2.24, 2.45) is 5.41 Å². The number of aliphatic carboxylic acids is 1. The molecule has 1 heterocycles. The quantitative estimate of drug-likeness (QED) is 0.0740. The van der Waals surface area contributed by atoms with Crippen molar-refractivity contribution in [2.75, 3.05) is 36.6 Å². The fourth-order valence-corrected chi connectivity index (χ4v) is 9.27. The summed E-state index contributed by atoms with van der Waals surface area (Å²) in [6.45, 7) is 4.52. The van der Waals surface area contributed by atoms with Gasteiger partial charge < -0.3 is 30.5 Å². The van der Waals surface area contributed by atoms with E-state index in [1.807, 2.05) is 42.7 Å². The minimum absolute atomic E-state index is 0.00667. The number of carboxylic acids is 1. The Kier molecular flexibility index (Phi) is 14.8. The van der Waals surface area contributed by atoms with Gasteiger partial charge in [-0.3, -0.25) is 14.4 Å². The number of ether oxygens (including phenoxy) is 1. The molecular formula is C39H51N3O8S2. The molecule has 1 atom stereocenters. The van der Waals surface area contributed by atoms with E-state index in [0.29, 0.717) is 35.5 Å². The first-order chi connectivity index (χ1) is 24.9. The summed E-state index contributed by atoms with van der Waals surface area (Å²) < 4.78 is 34.8. The van der Waals surface area contributed by atoms with Crippen LogP contribution in [0.2, 0.25) is 0 Å². The molecule has 0 spiro atoms. The van der Waals surface area contributed by atoms with Crippen molar-refractivity contribution in [2.45, 2.75) is 87.5 Å². The second-order valence-corrected chi connectivity index (χ2v) is 16.2. The van der Waals surface area contributed by atoms with E-state index >= 15 is 0 Å². The molecule has 0 bridgehead atoms. The van der Waals surface area contributed by atoms with Gasteiger partial charge in [0.15, 0.2) is 16.4 Å². The second kappa shape index (κ2) is 19.0. The number of nitrogens with zero attached hydrogens (tertiary/aromatic N) is 1. The maximum atomic E-state index is 14.4. The van der Waals surface area contributed by atoms with Crippen LogP contribution < -0.4 is 20.3 Å². The van der Waals surface area contributed by atoms with Crippen LogP contribution in [0.4, 0.5) is 11.4 Å². The molecule has 11 nitrogen and oxygen atoms in total. The van der Waals surface area contributed by atoms with Crippen molar-refractivity contribution in [3.63, 3.8) is 0 Å². The van der Waals surface area contributed by atoms with Gasteiger partial charge in [0.05, 0.1) is 21.2 Å².